The van der Waals surface area contributed by atoms with Crippen molar-refractivity contribution in [3.8, 4) is 5.75 Å². The van der Waals surface area contributed by atoms with Gasteiger partial charge in [-0.3, -0.25) is 4.79 Å². The van der Waals surface area contributed by atoms with Gasteiger partial charge in [0.05, 0.1) is 13.0 Å². The highest BCUT2D eigenvalue weighted by atomic mass is 79.9. The summed E-state index contributed by atoms with van der Waals surface area (Å²) in [6.07, 6.45) is 0. The summed E-state index contributed by atoms with van der Waals surface area (Å²) in [5.74, 6) is -0.343. The van der Waals surface area contributed by atoms with E-state index in [1.165, 1.54) is 0 Å². The number of hydrogen-bond acceptors (Lipinski definition) is 3. The molecule has 1 unspecified atom stereocenters. The van der Waals surface area contributed by atoms with Gasteiger partial charge in [-0.05, 0) is 25.2 Å². The van der Waals surface area contributed by atoms with Gasteiger partial charge in [-0.2, -0.15) is 0 Å². The number of carboxylic acid groups (broad SMARTS) is 1. The van der Waals surface area contributed by atoms with Crippen LogP contribution in [0, 0.1) is 5.92 Å². The highest BCUT2D eigenvalue weighted by Gasteiger charge is 2.15. The molecule has 18 heavy (non-hydrogen) atoms. The predicted octanol–water partition coefficient (Wildman–Crippen LogP) is 2.61. The second-order valence-corrected chi connectivity index (χ2v) is 5.31. The van der Waals surface area contributed by atoms with Gasteiger partial charge in [0.1, 0.15) is 5.75 Å². The van der Waals surface area contributed by atoms with E-state index in [2.05, 4.69) is 15.9 Å². The number of ether oxygens (including phenoxy) is 1. The summed E-state index contributed by atoms with van der Waals surface area (Å²) in [6.45, 7) is 2.86. The molecular formula is C13H18BrNO3. The molecule has 1 atom stereocenters. The second kappa shape index (κ2) is 6.75. The molecule has 0 bridgehead atoms. The first kappa shape index (κ1) is 15.0. The first-order valence-corrected chi connectivity index (χ1v) is 6.47. The Morgan fingerprint density at radius 1 is 1.56 bits per heavy atom. The van der Waals surface area contributed by atoms with Crippen molar-refractivity contribution in [3.05, 3.63) is 28.2 Å². The van der Waals surface area contributed by atoms with Gasteiger partial charge in [0.15, 0.2) is 0 Å². The van der Waals surface area contributed by atoms with Crippen LogP contribution in [-0.4, -0.2) is 36.7 Å². The third kappa shape index (κ3) is 4.31. The molecule has 4 nitrogen and oxygen atoms in total. The van der Waals surface area contributed by atoms with E-state index >= 15 is 0 Å². The summed E-state index contributed by atoms with van der Waals surface area (Å²) in [6, 6.07) is 5.80. The van der Waals surface area contributed by atoms with Gasteiger partial charge in [-0.25, -0.2) is 0 Å². The molecule has 1 N–H and O–H groups in total. The second-order valence-electron chi connectivity index (χ2n) is 4.39. The van der Waals surface area contributed by atoms with Crippen LogP contribution < -0.4 is 4.74 Å². The number of benzene rings is 1. The van der Waals surface area contributed by atoms with E-state index in [-0.39, 0.29) is 5.92 Å². The lowest BCUT2D eigenvalue weighted by molar-refractivity contribution is -0.141. The summed E-state index contributed by atoms with van der Waals surface area (Å²) in [4.78, 5) is 12.8. The molecule has 0 aromatic heterocycles. The molecule has 100 valence electrons. The largest absolute Gasteiger partial charge is 0.496 e. The molecule has 0 radical (unpaired) electrons. The van der Waals surface area contributed by atoms with Crippen LogP contribution in [0.15, 0.2) is 22.7 Å². The summed E-state index contributed by atoms with van der Waals surface area (Å²) in [5.41, 5.74) is 1.03. The van der Waals surface area contributed by atoms with Crippen LogP contribution in [0.5, 0.6) is 5.75 Å². The highest BCUT2D eigenvalue weighted by molar-refractivity contribution is 9.10. The molecule has 0 aliphatic rings. The average molecular weight is 316 g/mol. The Kier molecular flexibility index (Phi) is 5.62. The van der Waals surface area contributed by atoms with E-state index in [4.69, 9.17) is 9.84 Å². The Labute approximate surface area is 116 Å². The Morgan fingerprint density at radius 3 is 2.78 bits per heavy atom. The summed E-state index contributed by atoms with van der Waals surface area (Å²) in [5, 5.41) is 8.88. The van der Waals surface area contributed by atoms with Crippen LogP contribution in [-0.2, 0) is 11.3 Å². The molecule has 0 saturated carbocycles. The number of aliphatic carboxylic acids is 1. The zero-order valence-corrected chi connectivity index (χ0v) is 12.4. The summed E-state index contributed by atoms with van der Waals surface area (Å²) >= 11 is 3.42. The van der Waals surface area contributed by atoms with Crippen molar-refractivity contribution in [2.75, 3.05) is 20.7 Å². The molecule has 0 spiro atoms. The number of carboxylic acids is 1. The van der Waals surface area contributed by atoms with Crippen LogP contribution in [0.2, 0.25) is 0 Å². The monoisotopic (exact) mass is 315 g/mol. The summed E-state index contributed by atoms with van der Waals surface area (Å²) < 4.78 is 6.27. The van der Waals surface area contributed by atoms with Crippen LogP contribution >= 0.6 is 15.9 Å². The number of hydrogen-bond donors (Lipinski definition) is 1. The maximum absolute atomic E-state index is 10.8. The molecule has 1 aromatic rings. The molecule has 5 heteroatoms. The normalized spacial score (nSPS) is 12.5. The smallest absolute Gasteiger partial charge is 0.307 e. The van der Waals surface area contributed by atoms with Crippen molar-refractivity contribution in [3.63, 3.8) is 0 Å². The minimum atomic E-state index is -0.775. The minimum absolute atomic E-state index is 0.381. The van der Waals surface area contributed by atoms with Gasteiger partial charge in [-0.15, -0.1) is 0 Å². The molecular weight excluding hydrogens is 298 g/mol. The van der Waals surface area contributed by atoms with Gasteiger partial charge in [0.25, 0.3) is 0 Å². The fraction of sp³-hybridized carbons (Fsp3) is 0.462. The molecule has 0 amide bonds. The molecule has 1 rings (SSSR count). The number of methoxy groups -OCH3 is 1. The SMILES string of the molecule is COc1ccc(Br)cc1CN(C)CC(C)C(=O)O. The van der Waals surface area contributed by atoms with E-state index in [0.717, 1.165) is 15.8 Å². The number of halogens is 1. The van der Waals surface area contributed by atoms with Gasteiger partial charge >= 0.3 is 5.97 Å². The van der Waals surface area contributed by atoms with E-state index in [1.54, 1.807) is 14.0 Å². The molecule has 0 aliphatic carbocycles. The Balaban J connectivity index is 2.71. The fourth-order valence-corrected chi connectivity index (χ4v) is 2.18. The van der Waals surface area contributed by atoms with Crippen molar-refractivity contribution in [1.29, 1.82) is 0 Å². The van der Waals surface area contributed by atoms with E-state index in [0.29, 0.717) is 13.1 Å². The van der Waals surface area contributed by atoms with Crippen molar-refractivity contribution in [2.45, 2.75) is 13.5 Å². The third-order valence-electron chi connectivity index (χ3n) is 2.69. The number of rotatable bonds is 6. The lowest BCUT2D eigenvalue weighted by atomic mass is 10.1. The van der Waals surface area contributed by atoms with E-state index < -0.39 is 5.97 Å². The van der Waals surface area contributed by atoms with Gasteiger partial charge in [0.2, 0.25) is 0 Å². The summed E-state index contributed by atoms with van der Waals surface area (Å²) in [7, 11) is 3.53. The third-order valence-corrected chi connectivity index (χ3v) is 3.18. The first-order chi connectivity index (χ1) is 8.43. The first-order valence-electron chi connectivity index (χ1n) is 5.67. The lowest BCUT2D eigenvalue weighted by Crippen LogP contribution is -2.28. The number of carbonyl (C=O) groups is 1. The van der Waals surface area contributed by atoms with Gasteiger partial charge < -0.3 is 14.7 Å². The molecule has 0 fully saturated rings. The lowest BCUT2D eigenvalue weighted by Gasteiger charge is -2.20. The Morgan fingerprint density at radius 2 is 2.22 bits per heavy atom. The minimum Gasteiger partial charge on any atom is -0.496 e. The maximum atomic E-state index is 10.8. The predicted molar refractivity (Wildman–Crippen MR) is 73.8 cm³/mol. The molecule has 0 aliphatic heterocycles. The van der Waals surface area contributed by atoms with Gasteiger partial charge in [-0.1, -0.05) is 22.9 Å². The fourth-order valence-electron chi connectivity index (χ4n) is 1.77. The van der Waals surface area contributed by atoms with E-state index in [1.807, 2.05) is 30.1 Å². The van der Waals surface area contributed by atoms with Crippen molar-refractivity contribution >= 4 is 21.9 Å². The van der Waals surface area contributed by atoms with Crippen molar-refractivity contribution in [2.24, 2.45) is 5.92 Å². The van der Waals surface area contributed by atoms with Crippen LogP contribution in [0.4, 0.5) is 0 Å². The van der Waals surface area contributed by atoms with Crippen LogP contribution in [0.3, 0.4) is 0 Å². The Hall–Kier alpha value is -1.07. The average Bonchev–Trinajstić information content (AvgIpc) is 2.28. The standard InChI is InChI=1S/C13H18BrNO3/c1-9(13(16)17)7-15(2)8-10-6-11(14)4-5-12(10)18-3/h4-6,9H,7-8H2,1-3H3,(H,16,17). The van der Waals surface area contributed by atoms with E-state index in [9.17, 15) is 4.79 Å². The molecule has 0 heterocycles. The topological polar surface area (TPSA) is 49.8 Å². The van der Waals surface area contributed by atoms with Crippen molar-refractivity contribution in [1.82, 2.24) is 4.90 Å². The zero-order chi connectivity index (χ0) is 13.7. The zero-order valence-electron chi connectivity index (χ0n) is 10.8. The van der Waals surface area contributed by atoms with Crippen LogP contribution in [0.1, 0.15) is 12.5 Å². The highest BCUT2D eigenvalue weighted by Crippen LogP contribution is 2.24. The molecule has 1 aromatic carbocycles. The van der Waals surface area contributed by atoms with Crippen LogP contribution in [0.25, 0.3) is 0 Å². The maximum Gasteiger partial charge on any atom is 0.307 e. The molecule has 0 saturated heterocycles. The van der Waals surface area contributed by atoms with Crippen molar-refractivity contribution < 1.29 is 14.6 Å². The quantitative estimate of drug-likeness (QED) is 0.876. The Bertz CT molecular complexity index is 423. The van der Waals surface area contributed by atoms with Gasteiger partial charge in [0, 0.05) is 23.1 Å². The number of nitrogens with zero attached hydrogens (tertiary/aromatic N) is 1.